The Kier molecular flexibility index (Phi) is 8.09. The van der Waals surface area contributed by atoms with Gasteiger partial charge in [-0.15, -0.1) is 12.4 Å². The Morgan fingerprint density at radius 3 is 2.19 bits per heavy atom. The highest BCUT2D eigenvalue weighted by molar-refractivity contribution is 6.00. The van der Waals surface area contributed by atoms with E-state index in [1.165, 1.54) is 17.7 Å². The van der Waals surface area contributed by atoms with Crippen LogP contribution in [0.1, 0.15) is 48.7 Å². The van der Waals surface area contributed by atoms with Crippen molar-refractivity contribution >= 4 is 35.2 Å². The smallest absolute Gasteiger partial charge is 0.415 e. The van der Waals surface area contributed by atoms with Crippen LogP contribution in [0.2, 0.25) is 0 Å². The lowest BCUT2D eigenvalue weighted by atomic mass is 10.1. The first-order valence-corrected chi connectivity index (χ1v) is 11.8. The number of halogens is 2. The van der Waals surface area contributed by atoms with Crippen LogP contribution in [-0.4, -0.2) is 21.2 Å². The minimum absolute atomic E-state index is 0. The SMILES string of the molecule is Cc1ccc(Cn2c(C)c(C)c3nccc(N(Cc4ccc(F)cc4)C(=O)OC(C)(C)C)c32)cc1.Cl. The molecule has 0 radical (unpaired) electrons. The van der Waals surface area contributed by atoms with Gasteiger partial charge in [0, 0.05) is 18.4 Å². The maximum Gasteiger partial charge on any atom is 0.415 e. The van der Waals surface area contributed by atoms with Gasteiger partial charge in [0.05, 0.1) is 23.3 Å². The number of rotatable bonds is 5. The van der Waals surface area contributed by atoms with Crippen LogP contribution in [0.3, 0.4) is 0 Å². The molecule has 2 aromatic heterocycles. The van der Waals surface area contributed by atoms with Crippen molar-refractivity contribution in [2.24, 2.45) is 0 Å². The number of carbonyl (C=O) groups is 1. The third kappa shape index (κ3) is 5.88. The van der Waals surface area contributed by atoms with E-state index in [0.717, 1.165) is 33.4 Å². The second-order valence-corrected chi connectivity index (χ2v) is 10.0. The summed E-state index contributed by atoms with van der Waals surface area (Å²) >= 11 is 0. The number of aryl methyl sites for hydroxylation is 2. The number of benzene rings is 2. The highest BCUT2D eigenvalue weighted by atomic mass is 35.5. The fourth-order valence-electron chi connectivity index (χ4n) is 4.15. The lowest BCUT2D eigenvalue weighted by Gasteiger charge is -2.28. The first-order valence-electron chi connectivity index (χ1n) is 11.8. The summed E-state index contributed by atoms with van der Waals surface area (Å²) in [5.41, 5.74) is 7.08. The van der Waals surface area contributed by atoms with Crippen LogP contribution in [-0.2, 0) is 17.8 Å². The molecule has 2 heterocycles. The van der Waals surface area contributed by atoms with Gasteiger partial charge in [-0.3, -0.25) is 9.88 Å². The summed E-state index contributed by atoms with van der Waals surface area (Å²) in [7, 11) is 0. The summed E-state index contributed by atoms with van der Waals surface area (Å²) in [5.74, 6) is -0.318. The summed E-state index contributed by atoms with van der Waals surface area (Å²) < 4.78 is 21.6. The van der Waals surface area contributed by atoms with Gasteiger partial charge in [0.25, 0.3) is 0 Å². The number of anilines is 1. The Labute approximate surface area is 218 Å². The third-order valence-electron chi connectivity index (χ3n) is 6.10. The van der Waals surface area contributed by atoms with Gasteiger partial charge in [-0.1, -0.05) is 42.0 Å². The summed E-state index contributed by atoms with van der Waals surface area (Å²) in [4.78, 5) is 19.8. The average molecular weight is 510 g/mol. The van der Waals surface area contributed by atoms with Crippen LogP contribution in [0, 0.1) is 26.6 Å². The van der Waals surface area contributed by atoms with Crippen LogP contribution in [0.15, 0.2) is 60.8 Å². The molecule has 0 unspecified atom stereocenters. The minimum Gasteiger partial charge on any atom is -0.443 e. The van der Waals surface area contributed by atoms with Crippen molar-refractivity contribution in [3.05, 3.63) is 94.6 Å². The predicted molar refractivity (Wildman–Crippen MR) is 146 cm³/mol. The average Bonchev–Trinajstić information content (AvgIpc) is 3.04. The molecule has 4 rings (SSSR count). The van der Waals surface area contributed by atoms with Crippen LogP contribution in [0.25, 0.3) is 11.0 Å². The molecule has 2 aromatic carbocycles. The van der Waals surface area contributed by atoms with Gasteiger partial charge >= 0.3 is 6.09 Å². The second kappa shape index (κ2) is 10.7. The summed E-state index contributed by atoms with van der Waals surface area (Å²) in [6.45, 7) is 12.6. The molecule has 1 amide bonds. The number of hydrogen-bond donors (Lipinski definition) is 0. The van der Waals surface area contributed by atoms with Crippen molar-refractivity contribution in [2.45, 2.75) is 60.2 Å². The number of pyridine rings is 1. The molecular formula is C29H33ClFN3O2. The molecule has 0 bridgehead atoms. The second-order valence-electron chi connectivity index (χ2n) is 10.0. The molecule has 7 heteroatoms. The van der Waals surface area contributed by atoms with Crippen molar-refractivity contribution in [1.82, 2.24) is 9.55 Å². The molecule has 0 aliphatic heterocycles. The molecule has 36 heavy (non-hydrogen) atoms. The van der Waals surface area contributed by atoms with E-state index in [2.05, 4.69) is 54.6 Å². The highest BCUT2D eigenvalue weighted by Gasteiger charge is 2.27. The van der Waals surface area contributed by atoms with Gasteiger partial charge in [0.1, 0.15) is 11.4 Å². The van der Waals surface area contributed by atoms with Gasteiger partial charge in [0.2, 0.25) is 0 Å². The van der Waals surface area contributed by atoms with Gasteiger partial charge in [0.15, 0.2) is 0 Å². The Bertz CT molecular complexity index is 1360. The van der Waals surface area contributed by atoms with Gasteiger partial charge in [-0.25, -0.2) is 9.18 Å². The largest absolute Gasteiger partial charge is 0.443 e. The van der Waals surface area contributed by atoms with Gasteiger partial charge in [-0.05, 0) is 76.4 Å². The van der Waals surface area contributed by atoms with E-state index < -0.39 is 11.7 Å². The predicted octanol–water partition coefficient (Wildman–Crippen LogP) is 7.51. The number of ether oxygens (including phenoxy) is 1. The van der Waals surface area contributed by atoms with E-state index in [9.17, 15) is 9.18 Å². The van der Waals surface area contributed by atoms with Gasteiger partial charge in [-0.2, -0.15) is 0 Å². The Morgan fingerprint density at radius 2 is 1.58 bits per heavy atom. The van der Waals surface area contributed by atoms with Crippen LogP contribution in [0.5, 0.6) is 0 Å². The summed E-state index contributed by atoms with van der Waals surface area (Å²) in [6.07, 6.45) is 1.26. The standard InChI is InChI=1S/C29H32FN3O2.ClH/c1-19-7-9-22(10-8-19)17-32-21(3)20(2)26-27(32)25(15-16-31-26)33(28(34)35-29(4,5)6)18-23-11-13-24(30)14-12-23;/h7-16H,17-18H2,1-6H3;1H. The Balaban J connectivity index is 0.00000361. The topological polar surface area (TPSA) is 47.4 Å². The van der Waals surface area contributed by atoms with Crippen molar-refractivity contribution < 1.29 is 13.9 Å². The zero-order chi connectivity index (χ0) is 25.3. The number of amides is 1. The van der Waals surface area contributed by atoms with Crippen LogP contribution >= 0.6 is 12.4 Å². The molecule has 0 fully saturated rings. The monoisotopic (exact) mass is 509 g/mol. The molecule has 0 aliphatic rings. The maximum absolute atomic E-state index is 13.6. The van der Waals surface area contributed by atoms with Crippen molar-refractivity contribution in [3.8, 4) is 0 Å². The number of aromatic nitrogens is 2. The van der Waals surface area contributed by atoms with E-state index in [1.54, 1.807) is 23.2 Å². The van der Waals surface area contributed by atoms with Crippen molar-refractivity contribution in [2.75, 3.05) is 4.90 Å². The van der Waals surface area contributed by atoms with E-state index in [4.69, 9.17) is 4.74 Å². The molecule has 0 saturated heterocycles. The third-order valence-corrected chi connectivity index (χ3v) is 6.10. The Morgan fingerprint density at radius 1 is 0.972 bits per heavy atom. The normalized spacial score (nSPS) is 11.3. The quantitative estimate of drug-likeness (QED) is 0.279. The fourth-order valence-corrected chi connectivity index (χ4v) is 4.15. The summed E-state index contributed by atoms with van der Waals surface area (Å²) in [6, 6.07) is 16.5. The van der Waals surface area contributed by atoms with Crippen LogP contribution < -0.4 is 4.90 Å². The Hall–Kier alpha value is -3.38. The van der Waals surface area contributed by atoms with Gasteiger partial charge < -0.3 is 9.30 Å². The molecule has 0 aliphatic carbocycles. The number of hydrogen-bond acceptors (Lipinski definition) is 3. The zero-order valence-corrected chi connectivity index (χ0v) is 22.4. The molecule has 0 saturated carbocycles. The molecule has 0 spiro atoms. The highest BCUT2D eigenvalue weighted by Crippen LogP contribution is 2.34. The first kappa shape index (κ1) is 27.2. The minimum atomic E-state index is -0.667. The van der Waals surface area contributed by atoms with Crippen molar-refractivity contribution in [1.29, 1.82) is 0 Å². The van der Waals surface area contributed by atoms with E-state index >= 15 is 0 Å². The summed E-state index contributed by atoms with van der Waals surface area (Å²) in [5, 5.41) is 0. The molecule has 0 N–H and O–H groups in total. The van der Waals surface area contributed by atoms with Crippen LogP contribution in [0.4, 0.5) is 14.9 Å². The molecule has 0 atom stereocenters. The molecular weight excluding hydrogens is 477 g/mol. The van der Waals surface area contributed by atoms with E-state index in [-0.39, 0.29) is 24.8 Å². The number of nitrogens with zero attached hydrogens (tertiary/aromatic N) is 3. The molecule has 5 nitrogen and oxygen atoms in total. The van der Waals surface area contributed by atoms with E-state index in [1.807, 2.05) is 26.8 Å². The lowest BCUT2D eigenvalue weighted by Crippen LogP contribution is -2.36. The maximum atomic E-state index is 13.6. The fraction of sp³-hybridized carbons (Fsp3) is 0.310. The van der Waals surface area contributed by atoms with Crippen molar-refractivity contribution in [3.63, 3.8) is 0 Å². The molecule has 4 aromatic rings. The number of carbonyl (C=O) groups excluding carboxylic acids is 1. The van der Waals surface area contributed by atoms with E-state index in [0.29, 0.717) is 12.2 Å². The first-order chi connectivity index (χ1) is 16.5. The zero-order valence-electron chi connectivity index (χ0n) is 21.6. The lowest BCUT2D eigenvalue weighted by molar-refractivity contribution is 0.0578. The molecule has 190 valence electrons. The number of fused-ring (bicyclic) bond motifs is 1.